The van der Waals surface area contributed by atoms with E-state index in [1.807, 2.05) is 6.07 Å². The van der Waals surface area contributed by atoms with Crippen LogP contribution in [0.5, 0.6) is 0 Å². The van der Waals surface area contributed by atoms with Crippen LogP contribution in [0.2, 0.25) is 0 Å². The Hall–Kier alpha value is -1.83. The van der Waals surface area contributed by atoms with Gasteiger partial charge in [0.1, 0.15) is 5.82 Å². The molecule has 0 radical (unpaired) electrons. The first kappa shape index (κ1) is 13.2. The van der Waals surface area contributed by atoms with Gasteiger partial charge in [-0.25, -0.2) is 4.39 Å². The van der Waals surface area contributed by atoms with Crippen molar-refractivity contribution in [1.82, 2.24) is 0 Å². The van der Waals surface area contributed by atoms with Gasteiger partial charge >= 0.3 is 0 Å². The number of halogens is 1. The number of hydrogen-bond donors (Lipinski definition) is 1. The summed E-state index contributed by atoms with van der Waals surface area (Å²) in [6.07, 6.45) is 2.00. The number of para-hydroxylation sites is 1. The highest BCUT2D eigenvalue weighted by Gasteiger charge is 2.24. The van der Waals surface area contributed by atoms with Crippen LogP contribution in [0.25, 0.3) is 0 Å². The lowest BCUT2D eigenvalue weighted by Gasteiger charge is -2.31. The number of rotatable bonds is 2. The number of anilines is 1. The molecule has 1 aliphatic heterocycles. The summed E-state index contributed by atoms with van der Waals surface area (Å²) in [6, 6.07) is 14.0. The zero-order valence-corrected chi connectivity index (χ0v) is 12.0. The van der Waals surface area contributed by atoms with Gasteiger partial charge in [0.25, 0.3) is 0 Å². The molecule has 20 heavy (non-hydrogen) atoms. The molecule has 0 aliphatic carbocycles. The molecule has 3 rings (SSSR count). The zero-order valence-electron chi connectivity index (χ0n) is 12.0. The van der Waals surface area contributed by atoms with E-state index in [1.165, 1.54) is 22.9 Å². The normalized spacial score (nSPS) is 21.1. The predicted octanol–water partition coefficient (Wildman–Crippen LogP) is 4.66. The smallest absolute Gasteiger partial charge is 0.123 e. The summed E-state index contributed by atoms with van der Waals surface area (Å²) < 4.78 is 13.5. The van der Waals surface area contributed by atoms with E-state index in [9.17, 15) is 4.39 Å². The van der Waals surface area contributed by atoms with E-state index >= 15 is 0 Å². The highest BCUT2D eigenvalue weighted by Crippen LogP contribution is 2.36. The second-order valence-electron chi connectivity index (χ2n) is 5.84. The fourth-order valence-electron chi connectivity index (χ4n) is 3.18. The van der Waals surface area contributed by atoms with Crippen molar-refractivity contribution in [3.05, 3.63) is 65.0 Å². The van der Waals surface area contributed by atoms with Gasteiger partial charge in [-0.05, 0) is 67.5 Å². The van der Waals surface area contributed by atoms with E-state index in [1.54, 1.807) is 6.07 Å². The Kier molecular flexibility index (Phi) is 3.47. The predicted molar refractivity (Wildman–Crippen MR) is 81.7 cm³/mol. The highest BCUT2D eigenvalue weighted by molar-refractivity contribution is 5.56. The van der Waals surface area contributed by atoms with Crippen molar-refractivity contribution >= 4 is 5.69 Å². The molecule has 1 aliphatic rings. The molecule has 1 nitrogen and oxygen atoms in total. The van der Waals surface area contributed by atoms with Gasteiger partial charge in [-0.3, -0.25) is 0 Å². The molecule has 2 heteroatoms. The Bertz CT molecular complexity index is 621. The van der Waals surface area contributed by atoms with Crippen LogP contribution in [-0.2, 0) is 6.42 Å². The molecule has 0 bridgehead atoms. The number of hydrogen-bond acceptors (Lipinski definition) is 1. The summed E-state index contributed by atoms with van der Waals surface area (Å²) in [7, 11) is 0. The van der Waals surface area contributed by atoms with E-state index in [0.717, 1.165) is 18.4 Å². The monoisotopic (exact) mass is 269 g/mol. The third-order valence-corrected chi connectivity index (χ3v) is 4.22. The highest BCUT2D eigenvalue weighted by atomic mass is 19.1. The van der Waals surface area contributed by atoms with E-state index in [4.69, 9.17) is 0 Å². The summed E-state index contributed by atoms with van der Waals surface area (Å²) in [5.41, 5.74) is 4.88. The van der Waals surface area contributed by atoms with Crippen molar-refractivity contribution in [3.8, 4) is 0 Å². The van der Waals surface area contributed by atoms with Crippen molar-refractivity contribution in [2.75, 3.05) is 5.32 Å². The molecule has 0 saturated heterocycles. The molecule has 0 aromatic heterocycles. The number of benzene rings is 2. The largest absolute Gasteiger partial charge is 0.382 e. The Morgan fingerprint density at radius 1 is 1.20 bits per heavy atom. The Labute approximate surface area is 119 Å². The molecule has 2 aromatic rings. The van der Waals surface area contributed by atoms with Gasteiger partial charge in [0.05, 0.1) is 0 Å². The van der Waals surface area contributed by atoms with Crippen LogP contribution in [0, 0.1) is 12.7 Å². The van der Waals surface area contributed by atoms with Gasteiger partial charge in [0.15, 0.2) is 0 Å². The molecular formula is C18H20FN. The lowest BCUT2D eigenvalue weighted by molar-refractivity contribution is 0.547. The van der Waals surface area contributed by atoms with Gasteiger partial charge in [0, 0.05) is 11.7 Å². The number of fused-ring (bicyclic) bond motifs is 1. The van der Waals surface area contributed by atoms with Crippen LogP contribution in [0.3, 0.4) is 0 Å². The standard InChI is InChI=1S/C18H20FN/c1-12-7-8-16(19)11-14(12)10-15-9-13(2)20-18-6-4-3-5-17(15)18/h3-8,11,13,15,20H,9-10H2,1-2H3. The maximum atomic E-state index is 13.5. The first-order valence-corrected chi connectivity index (χ1v) is 7.24. The van der Waals surface area contributed by atoms with Crippen molar-refractivity contribution in [2.24, 2.45) is 0 Å². The lowest BCUT2D eigenvalue weighted by atomic mass is 9.82. The second-order valence-corrected chi connectivity index (χ2v) is 5.84. The molecule has 104 valence electrons. The molecular weight excluding hydrogens is 249 g/mol. The third-order valence-electron chi connectivity index (χ3n) is 4.22. The molecule has 0 amide bonds. The van der Waals surface area contributed by atoms with Gasteiger partial charge in [-0.15, -0.1) is 0 Å². The maximum absolute atomic E-state index is 13.5. The minimum absolute atomic E-state index is 0.138. The van der Waals surface area contributed by atoms with E-state index in [2.05, 4.69) is 43.4 Å². The first-order valence-electron chi connectivity index (χ1n) is 7.24. The summed E-state index contributed by atoms with van der Waals surface area (Å²) >= 11 is 0. The molecule has 1 heterocycles. The van der Waals surface area contributed by atoms with Crippen LogP contribution in [0.4, 0.5) is 10.1 Å². The molecule has 0 fully saturated rings. The average Bonchev–Trinajstić information content (AvgIpc) is 2.43. The van der Waals surface area contributed by atoms with Crippen molar-refractivity contribution in [3.63, 3.8) is 0 Å². The van der Waals surface area contributed by atoms with Gasteiger partial charge in [-0.1, -0.05) is 24.3 Å². The quantitative estimate of drug-likeness (QED) is 0.835. The molecule has 1 N–H and O–H groups in total. The summed E-state index contributed by atoms with van der Waals surface area (Å²) in [6.45, 7) is 4.27. The Morgan fingerprint density at radius 2 is 2.00 bits per heavy atom. The minimum Gasteiger partial charge on any atom is -0.382 e. The van der Waals surface area contributed by atoms with Gasteiger partial charge in [0.2, 0.25) is 0 Å². The summed E-state index contributed by atoms with van der Waals surface area (Å²) in [5.74, 6) is 0.323. The summed E-state index contributed by atoms with van der Waals surface area (Å²) in [4.78, 5) is 0. The van der Waals surface area contributed by atoms with Crippen LogP contribution in [-0.4, -0.2) is 6.04 Å². The van der Waals surface area contributed by atoms with Gasteiger partial charge in [-0.2, -0.15) is 0 Å². The Morgan fingerprint density at radius 3 is 2.85 bits per heavy atom. The van der Waals surface area contributed by atoms with Crippen molar-refractivity contribution in [2.45, 2.75) is 38.6 Å². The van der Waals surface area contributed by atoms with Crippen LogP contribution >= 0.6 is 0 Å². The molecule has 0 spiro atoms. The molecule has 2 aromatic carbocycles. The van der Waals surface area contributed by atoms with E-state index in [0.29, 0.717) is 12.0 Å². The fraction of sp³-hybridized carbons (Fsp3) is 0.333. The number of aryl methyl sites for hydroxylation is 1. The summed E-state index contributed by atoms with van der Waals surface area (Å²) in [5, 5.41) is 3.53. The Balaban J connectivity index is 1.93. The van der Waals surface area contributed by atoms with Crippen LogP contribution in [0.1, 0.15) is 36.0 Å². The topological polar surface area (TPSA) is 12.0 Å². The second kappa shape index (κ2) is 5.28. The van der Waals surface area contributed by atoms with Crippen molar-refractivity contribution in [1.29, 1.82) is 0 Å². The minimum atomic E-state index is -0.138. The van der Waals surface area contributed by atoms with Crippen LogP contribution in [0.15, 0.2) is 42.5 Å². The maximum Gasteiger partial charge on any atom is 0.123 e. The third kappa shape index (κ3) is 2.55. The first-order chi connectivity index (χ1) is 9.63. The SMILES string of the molecule is Cc1ccc(F)cc1CC1CC(C)Nc2ccccc21. The molecule has 2 unspecified atom stereocenters. The van der Waals surface area contributed by atoms with Crippen molar-refractivity contribution < 1.29 is 4.39 Å². The molecule has 2 atom stereocenters. The van der Waals surface area contributed by atoms with Crippen LogP contribution < -0.4 is 5.32 Å². The fourth-order valence-corrected chi connectivity index (χ4v) is 3.18. The average molecular weight is 269 g/mol. The van der Waals surface area contributed by atoms with E-state index < -0.39 is 0 Å². The number of nitrogens with one attached hydrogen (secondary N) is 1. The van der Waals surface area contributed by atoms with Gasteiger partial charge < -0.3 is 5.32 Å². The van der Waals surface area contributed by atoms with E-state index in [-0.39, 0.29) is 5.82 Å². The molecule has 0 saturated carbocycles. The lowest BCUT2D eigenvalue weighted by Crippen LogP contribution is -2.26. The zero-order chi connectivity index (χ0) is 14.1.